The summed E-state index contributed by atoms with van der Waals surface area (Å²) in [5, 5.41) is 2.85. The lowest BCUT2D eigenvalue weighted by Gasteiger charge is -2.22. The zero-order valence-electron chi connectivity index (χ0n) is 13.9. The average Bonchev–Trinajstić information content (AvgIpc) is 2.51. The summed E-state index contributed by atoms with van der Waals surface area (Å²) in [6.07, 6.45) is 0. The number of esters is 1. The van der Waals surface area contributed by atoms with Crippen molar-refractivity contribution in [3.63, 3.8) is 0 Å². The Morgan fingerprint density at radius 2 is 1.75 bits per heavy atom. The van der Waals surface area contributed by atoms with Crippen LogP contribution in [0.1, 0.15) is 31.1 Å². The standard InChI is InChI=1S/C18H19F2NO2S/c1-18(2,3)24-16-13(20)10-9-11(17(22)23-4)15(16)21-14-8-6-5-7-12(14)19/h5-10,21H,1-4H3. The Morgan fingerprint density at radius 3 is 2.33 bits per heavy atom. The Morgan fingerprint density at radius 1 is 1.08 bits per heavy atom. The summed E-state index contributed by atoms with van der Waals surface area (Å²) in [6, 6.07) is 8.56. The fourth-order valence-electron chi connectivity index (χ4n) is 2.06. The van der Waals surface area contributed by atoms with Gasteiger partial charge in [-0.3, -0.25) is 0 Å². The Bertz CT molecular complexity index is 757. The predicted octanol–water partition coefficient (Wildman–Crippen LogP) is 5.39. The van der Waals surface area contributed by atoms with Crippen LogP contribution in [0.2, 0.25) is 0 Å². The van der Waals surface area contributed by atoms with Crippen LogP contribution in [0.5, 0.6) is 0 Å². The van der Waals surface area contributed by atoms with E-state index < -0.39 is 17.6 Å². The van der Waals surface area contributed by atoms with E-state index in [2.05, 4.69) is 5.32 Å². The van der Waals surface area contributed by atoms with Gasteiger partial charge in [0.05, 0.1) is 28.9 Å². The van der Waals surface area contributed by atoms with E-state index in [1.807, 2.05) is 20.8 Å². The highest BCUT2D eigenvalue weighted by Gasteiger charge is 2.24. The maximum absolute atomic E-state index is 14.4. The zero-order chi connectivity index (χ0) is 17.9. The molecule has 0 saturated carbocycles. The number of carbonyl (C=O) groups excluding carboxylic acids is 1. The van der Waals surface area contributed by atoms with E-state index in [1.165, 1.54) is 43.1 Å². The van der Waals surface area contributed by atoms with Gasteiger partial charge in [0.15, 0.2) is 0 Å². The molecule has 0 aromatic heterocycles. The first-order valence-electron chi connectivity index (χ1n) is 7.34. The molecule has 3 nitrogen and oxygen atoms in total. The summed E-state index contributed by atoms with van der Waals surface area (Å²) in [6.45, 7) is 5.78. The van der Waals surface area contributed by atoms with Crippen molar-refractivity contribution in [1.29, 1.82) is 0 Å². The molecular formula is C18H19F2NO2S. The lowest BCUT2D eigenvalue weighted by molar-refractivity contribution is 0.0601. The molecule has 0 bridgehead atoms. The van der Waals surface area contributed by atoms with E-state index in [0.29, 0.717) is 0 Å². The Kier molecular flexibility index (Phi) is 5.49. The van der Waals surface area contributed by atoms with Gasteiger partial charge in [0, 0.05) is 4.75 Å². The van der Waals surface area contributed by atoms with Crippen LogP contribution in [-0.4, -0.2) is 17.8 Å². The molecule has 24 heavy (non-hydrogen) atoms. The normalized spacial score (nSPS) is 11.2. The number of rotatable bonds is 4. The van der Waals surface area contributed by atoms with E-state index in [0.717, 1.165) is 0 Å². The smallest absolute Gasteiger partial charge is 0.340 e. The van der Waals surface area contributed by atoms with Crippen LogP contribution >= 0.6 is 11.8 Å². The highest BCUT2D eigenvalue weighted by atomic mass is 32.2. The number of ether oxygens (including phenoxy) is 1. The van der Waals surface area contributed by atoms with Gasteiger partial charge in [0.2, 0.25) is 0 Å². The van der Waals surface area contributed by atoms with Crippen molar-refractivity contribution in [1.82, 2.24) is 0 Å². The first kappa shape index (κ1) is 18.3. The van der Waals surface area contributed by atoms with Gasteiger partial charge in [0.1, 0.15) is 11.6 Å². The maximum atomic E-state index is 14.4. The van der Waals surface area contributed by atoms with Gasteiger partial charge >= 0.3 is 5.97 Å². The van der Waals surface area contributed by atoms with E-state index in [4.69, 9.17) is 4.74 Å². The van der Waals surface area contributed by atoms with Crippen LogP contribution in [0, 0.1) is 11.6 Å². The summed E-state index contributed by atoms with van der Waals surface area (Å²) in [5.41, 5.74) is 0.504. The third-order valence-corrected chi connectivity index (χ3v) is 4.27. The van der Waals surface area contributed by atoms with E-state index in [-0.39, 0.29) is 26.6 Å². The second-order valence-corrected chi connectivity index (χ2v) is 7.95. The predicted molar refractivity (Wildman–Crippen MR) is 93.0 cm³/mol. The minimum Gasteiger partial charge on any atom is -0.465 e. The number of hydrogen-bond donors (Lipinski definition) is 1. The van der Waals surface area contributed by atoms with Crippen molar-refractivity contribution < 1.29 is 18.3 Å². The van der Waals surface area contributed by atoms with Crippen LogP contribution < -0.4 is 5.32 Å². The molecule has 6 heteroatoms. The maximum Gasteiger partial charge on any atom is 0.340 e. The molecular weight excluding hydrogens is 332 g/mol. The molecule has 0 radical (unpaired) electrons. The molecule has 2 aromatic rings. The van der Waals surface area contributed by atoms with Crippen molar-refractivity contribution in [2.24, 2.45) is 0 Å². The minimum atomic E-state index is -0.621. The molecule has 0 fully saturated rings. The number of methoxy groups -OCH3 is 1. The number of halogens is 2. The van der Waals surface area contributed by atoms with Crippen LogP contribution in [0.4, 0.5) is 20.2 Å². The molecule has 0 amide bonds. The van der Waals surface area contributed by atoms with E-state index >= 15 is 0 Å². The summed E-state index contributed by atoms with van der Waals surface area (Å²) in [4.78, 5) is 12.3. The summed E-state index contributed by atoms with van der Waals surface area (Å²) >= 11 is 1.25. The van der Waals surface area contributed by atoms with Gasteiger partial charge in [-0.1, -0.05) is 32.9 Å². The minimum absolute atomic E-state index is 0.147. The summed E-state index contributed by atoms with van der Waals surface area (Å²) in [5.74, 6) is -1.60. The largest absolute Gasteiger partial charge is 0.465 e. The molecule has 128 valence electrons. The van der Waals surface area contributed by atoms with Crippen LogP contribution in [0.15, 0.2) is 41.3 Å². The second-order valence-electron chi connectivity index (χ2n) is 6.11. The van der Waals surface area contributed by atoms with Gasteiger partial charge in [-0.25, -0.2) is 13.6 Å². The highest BCUT2D eigenvalue weighted by molar-refractivity contribution is 8.00. The zero-order valence-corrected chi connectivity index (χ0v) is 14.8. The number of anilines is 2. The van der Waals surface area contributed by atoms with Gasteiger partial charge in [-0.15, -0.1) is 11.8 Å². The third-order valence-electron chi connectivity index (χ3n) is 3.06. The van der Waals surface area contributed by atoms with Gasteiger partial charge in [0.25, 0.3) is 0 Å². The molecule has 0 heterocycles. The highest BCUT2D eigenvalue weighted by Crippen LogP contribution is 2.41. The van der Waals surface area contributed by atoms with E-state index in [1.54, 1.807) is 12.1 Å². The number of para-hydroxylation sites is 1. The van der Waals surface area contributed by atoms with Crippen molar-refractivity contribution in [3.8, 4) is 0 Å². The number of thioether (sulfide) groups is 1. The topological polar surface area (TPSA) is 38.3 Å². The third kappa shape index (κ3) is 4.26. The Hall–Kier alpha value is -2.08. The molecule has 0 spiro atoms. The van der Waals surface area contributed by atoms with Gasteiger partial charge < -0.3 is 10.1 Å². The number of hydrogen-bond acceptors (Lipinski definition) is 4. The van der Waals surface area contributed by atoms with Crippen molar-refractivity contribution in [3.05, 3.63) is 53.6 Å². The number of carbonyl (C=O) groups is 1. The summed E-state index contributed by atoms with van der Waals surface area (Å²) < 4.78 is 32.9. The Balaban J connectivity index is 2.61. The molecule has 0 aliphatic heterocycles. The first-order valence-corrected chi connectivity index (χ1v) is 8.16. The molecule has 0 atom stereocenters. The fraction of sp³-hybridized carbons (Fsp3) is 0.278. The molecule has 1 N–H and O–H groups in total. The van der Waals surface area contributed by atoms with Crippen LogP contribution in [0.25, 0.3) is 0 Å². The average molecular weight is 351 g/mol. The van der Waals surface area contributed by atoms with Gasteiger partial charge in [-0.2, -0.15) is 0 Å². The first-order chi connectivity index (χ1) is 11.2. The van der Waals surface area contributed by atoms with Crippen LogP contribution in [-0.2, 0) is 4.74 Å². The molecule has 2 aromatic carbocycles. The molecule has 0 aliphatic carbocycles. The molecule has 0 aliphatic rings. The lowest BCUT2D eigenvalue weighted by Crippen LogP contribution is -2.12. The Labute approximate surface area is 144 Å². The number of benzene rings is 2. The van der Waals surface area contributed by atoms with E-state index in [9.17, 15) is 13.6 Å². The van der Waals surface area contributed by atoms with Crippen LogP contribution in [0.3, 0.4) is 0 Å². The SMILES string of the molecule is COC(=O)c1ccc(F)c(SC(C)(C)C)c1Nc1ccccc1F. The summed E-state index contributed by atoms with van der Waals surface area (Å²) in [7, 11) is 1.25. The fourth-order valence-corrected chi connectivity index (χ4v) is 3.11. The quantitative estimate of drug-likeness (QED) is 0.592. The number of nitrogens with one attached hydrogen (secondary N) is 1. The van der Waals surface area contributed by atoms with Crippen molar-refractivity contribution in [2.45, 2.75) is 30.4 Å². The molecule has 0 saturated heterocycles. The lowest BCUT2D eigenvalue weighted by atomic mass is 10.1. The monoisotopic (exact) mass is 351 g/mol. The van der Waals surface area contributed by atoms with Crippen molar-refractivity contribution >= 4 is 29.1 Å². The second kappa shape index (κ2) is 7.21. The van der Waals surface area contributed by atoms with Gasteiger partial charge in [-0.05, 0) is 24.3 Å². The molecule has 2 rings (SSSR count). The van der Waals surface area contributed by atoms with Crippen molar-refractivity contribution in [2.75, 3.05) is 12.4 Å². The molecule has 0 unspecified atom stereocenters.